The van der Waals surface area contributed by atoms with E-state index in [2.05, 4.69) is 12.2 Å². The Labute approximate surface area is 124 Å². The zero-order chi connectivity index (χ0) is 15.7. The Bertz CT molecular complexity index is 476. The molecule has 5 heteroatoms. The SMILES string of the molecule is CCCCCCOC(=O)C(C)NC(=O)c1ccccc1F. The molecule has 1 rings (SSSR count). The molecule has 0 spiro atoms. The molecule has 0 bridgehead atoms. The Morgan fingerprint density at radius 1 is 1.24 bits per heavy atom. The topological polar surface area (TPSA) is 55.4 Å². The fourth-order valence-corrected chi connectivity index (χ4v) is 1.81. The van der Waals surface area contributed by atoms with Crippen molar-refractivity contribution in [1.29, 1.82) is 0 Å². The summed E-state index contributed by atoms with van der Waals surface area (Å²) >= 11 is 0. The van der Waals surface area contributed by atoms with Crippen molar-refractivity contribution >= 4 is 11.9 Å². The van der Waals surface area contributed by atoms with Crippen molar-refractivity contribution in [2.24, 2.45) is 0 Å². The van der Waals surface area contributed by atoms with E-state index in [0.717, 1.165) is 25.7 Å². The second-order valence-corrected chi connectivity index (χ2v) is 4.90. The van der Waals surface area contributed by atoms with Gasteiger partial charge in [0, 0.05) is 0 Å². The number of esters is 1. The van der Waals surface area contributed by atoms with Gasteiger partial charge in [0.25, 0.3) is 5.91 Å². The monoisotopic (exact) mass is 295 g/mol. The minimum atomic E-state index is -0.803. The highest BCUT2D eigenvalue weighted by atomic mass is 19.1. The Morgan fingerprint density at radius 2 is 1.95 bits per heavy atom. The van der Waals surface area contributed by atoms with Gasteiger partial charge in [0.1, 0.15) is 11.9 Å². The number of benzene rings is 1. The molecule has 0 aliphatic rings. The summed E-state index contributed by atoms with van der Waals surface area (Å²) in [5, 5.41) is 2.44. The van der Waals surface area contributed by atoms with E-state index in [9.17, 15) is 14.0 Å². The third-order valence-electron chi connectivity index (χ3n) is 3.06. The summed E-state index contributed by atoms with van der Waals surface area (Å²) in [4.78, 5) is 23.5. The average Bonchev–Trinajstić information content (AvgIpc) is 2.47. The molecular weight excluding hydrogens is 273 g/mol. The number of nitrogens with one attached hydrogen (secondary N) is 1. The molecule has 0 saturated heterocycles. The number of amides is 1. The lowest BCUT2D eigenvalue weighted by Gasteiger charge is -2.13. The molecule has 116 valence electrons. The summed E-state index contributed by atoms with van der Waals surface area (Å²) in [5.74, 6) is -1.74. The van der Waals surface area contributed by atoms with E-state index in [1.165, 1.54) is 25.1 Å². The van der Waals surface area contributed by atoms with E-state index in [-0.39, 0.29) is 5.56 Å². The lowest BCUT2D eigenvalue weighted by atomic mass is 10.2. The first-order valence-electron chi connectivity index (χ1n) is 7.28. The molecule has 1 aromatic carbocycles. The summed E-state index contributed by atoms with van der Waals surface area (Å²) in [5.41, 5.74) is -0.0832. The maximum absolute atomic E-state index is 13.4. The van der Waals surface area contributed by atoms with Crippen LogP contribution in [-0.4, -0.2) is 24.5 Å². The van der Waals surface area contributed by atoms with Gasteiger partial charge in [-0.25, -0.2) is 9.18 Å². The first-order valence-corrected chi connectivity index (χ1v) is 7.28. The molecular formula is C16H22FNO3. The maximum Gasteiger partial charge on any atom is 0.328 e. The summed E-state index contributed by atoms with van der Waals surface area (Å²) in [6.07, 6.45) is 4.05. The van der Waals surface area contributed by atoms with Crippen LogP contribution in [0.1, 0.15) is 49.9 Å². The molecule has 1 aromatic rings. The maximum atomic E-state index is 13.4. The number of hydrogen-bond donors (Lipinski definition) is 1. The second kappa shape index (κ2) is 9.10. The third-order valence-corrected chi connectivity index (χ3v) is 3.06. The van der Waals surface area contributed by atoms with Gasteiger partial charge in [0.2, 0.25) is 0 Å². The van der Waals surface area contributed by atoms with Crippen LogP contribution in [0.25, 0.3) is 0 Å². The van der Waals surface area contributed by atoms with Gasteiger partial charge < -0.3 is 10.1 Å². The van der Waals surface area contributed by atoms with E-state index in [0.29, 0.717) is 6.61 Å². The molecule has 0 heterocycles. The number of halogens is 1. The molecule has 1 N–H and O–H groups in total. The predicted octanol–water partition coefficient (Wildman–Crippen LogP) is 3.07. The van der Waals surface area contributed by atoms with Gasteiger partial charge in [0.05, 0.1) is 12.2 Å². The molecule has 0 saturated carbocycles. The highest BCUT2D eigenvalue weighted by molar-refractivity contribution is 5.96. The van der Waals surface area contributed by atoms with Gasteiger partial charge in [-0.05, 0) is 25.5 Å². The van der Waals surface area contributed by atoms with Crippen molar-refractivity contribution in [3.05, 3.63) is 35.6 Å². The minimum absolute atomic E-state index is 0.0832. The molecule has 0 aliphatic heterocycles. The molecule has 4 nitrogen and oxygen atoms in total. The van der Waals surface area contributed by atoms with Crippen LogP contribution in [0.2, 0.25) is 0 Å². The first-order chi connectivity index (χ1) is 10.1. The Morgan fingerprint density at radius 3 is 2.62 bits per heavy atom. The van der Waals surface area contributed by atoms with Crippen LogP contribution in [0, 0.1) is 5.82 Å². The fourth-order valence-electron chi connectivity index (χ4n) is 1.81. The van der Waals surface area contributed by atoms with E-state index < -0.39 is 23.7 Å². The van der Waals surface area contributed by atoms with Crippen molar-refractivity contribution in [1.82, 2.24) is 5.32 Å². The zero-order valence-corrected chi connectivity index (χ0v) is 12.5. The number of rotatable bonds is 8. The quantitative estimate of drug-likeness (QED) is 0.592. The number of ether oxygens (including phenoxy) is 1. The van der Waals surface area contributed by atoms with Crippen LogP contribution < -0.4 is 5.32 Å². The molecule has 1 amide bonds. The second-order valence-electron chi connectivity index (χ2n) is 4.90. The molecule has 0 aliphatic carbocycles. The van der Waals surface area contributed by atoms with Gasteiger partial charge in [-0.15, -0.1) is 0 Å². The van der Waals surface area contributed by atoms with Gasteiger partial charge in [-0.3, -0.25) is 4.79 Å². The van der Waals surface area contributed by atoms with Gasteiger partial charge >= 0.3 is 5.97 Å². The lowest BCUT2D eigenvalue weighted by molar-refractivity contribution is -0.145. The number of hydrogen-bond acceptors (Lipinski definition) is 3. The number of unbranched alkanes of at least 4 members (excludes halogenated alkanes) is 3. The lowest BCUT2D eigenvalue weighted by Crippen LogP contribution is -2.40. The van der Waals surface area contributed by atoms with E-state index in [1.807, 2.05) is 0 Å². The molecule has 1 unspecified atom stereocenters. The smallest absolute Gasteiger partial charge is 0.328 e. The normalized spacial score (nSPS) is 11.8. The van der Waals surface area contributed by atoms with Crippen molar-refractivity contribution in [2.45, 2.75) is 45.6 Å². The van der Waals surface area contributed by atoms with Gasteiger partial charge in [0.15, 0.2) is 0 Å². The fraction of sp³-hybridized carbons (Fsp3) is 0.500. The largest absolute Gasteiger partial charge is 0.464 e. The summed E-state index contributed by atoms with van der Waals surface area (Å²) in [6.45, 7) is 3.97. The molecule has 0 aromatic heterocycles. The van der Waals surface area contributed by atoms with Gasteiger partial charge in [-0.2, -0.15) is 0 Å². The van der Waals surface area contributed by atoms with Crippen molar-refractivity contribution in [2.75, 3.05) is 6.61 Å². The zero-order valence-electron chi connectivity index (χ0n) is 12.5. The summed E-state index contributed by atoms with van der Waals surface area (Å²) < 4.78 is 18.5. The van der Waals surface area contributed by atoms with Crippen LogP contribution in [0.5, 0.6) is 0 Å². The predicted molar refractivity (Wildman–Crippen MR) is 78.4 cm³/mol. The minimum Gasteiger partial charge on any atom is -0.464 e. The molecule has 0 fully saturated rings. The van der Waals surface area contributed by atoms with Crippen LogP contribution in [-0.2, 0) is 9.53 Å². The van der Waals surface area contributed by atoms with E-state index in [1.54, 1.807) is 6.07 Å². The van der Waals surface area contributed by atoms with E-state index >= 15 is 0 Å². The van der Waals surface area contributed by atoms with Gasteiger partial charge in [-0.1, -0.05) is 38.3 Å². The highest BCUT2D eigenvalue weighted by Gasteiger charge is 2.19. The Kier molecular flexibility index (Phi) is 7.43. The molecule has 0 radical (unpaired) electrons. The van der Waals surface area contributed by atoms with Crippen LogP contribution in [0.4, 0.5) is 4.39 Å². The van der Waals surface area contributed by atoms with E-state index in [4.69, 9.17) is 4.74 Å². The third kappa shape index (κ3) is 5.94. The Hall–Kier alpha value is -1.91. The molecule has 1 atom stereocenters. The summed E-state index contributed by atoms with van der Waals surface area (Å²) in [6, 6.07) is 4.83. The average molecular weight is 295 g/mol. The highest BCUT2D eigenvalue weighted by Crippen LogP contribution is 2.06. The van der Waals surface area contributed by atoms with Crippen molar-refractivity contribution in [3.8, 4) is 0 Å². The standard InChI is InChI=1S/C16H22FNO3/c1-3-4-5-8-11-21-16(20)12(2)18-15(19)13-9-6-7-10-14(13)17/h6-7,9-10,12H,3-5,8,11H2,1-2H3,(H,18,19). The van der Waals surface area contributed by atoms with Crippen LogP contribution >= 0.6 is 0 Å². The van der Waals surface area contributed by atoms with Crippen LogP contribution in [0.15, 0.2) is 24.3 Å². The first kappa shape index (κ1) is 17.1. The van der Waals surface area contributed by atoms with Crippen LogP contribution in [0.3, 0.4) is 0 Å². The number of carbonyl (C=O) groups is 2. The van der Waals surface area contributed by atoms with Crippen molar-refractivity contribution in [3.63, 3.8) is 0 Å². The van der Waals surface area contributed by atoms with Crippen molar-refractivity contribution < 1.29 is 18.7 Å². The molecule has 21 heavy (non-hydrogen) atoms. The Balaban J connectivity index is 2.38. The summed E-state index contributed by atoms with van der Waals surface area (Å²) in [7, 11) is 0. The number of carbonyl (C=O) groups excluding carboxylic acids is 2.